The maximum absolute atomic E-state index is 12.2. The molecule has 1 aliphatic heterocycles. The second-order valence-corrected chi connectivity index (χ2v) is 6.72. The van der Waals surface area contributed by atoms with Crippen LogP contribution in [0.25, 0.3) is 0 Å². The molecular formula is C18H26N2O3. The Labute approximate surface area is 137 Å². The quantitative estimate of drug-likeness (QED) is 0.857. The van der Waals surface area contributed by atoms with E-state index < -0.39 is 6.10 Å². The molecule has 1 saturated carbocycles. The van der Waals surface area contributed by atoms with Crippen LogP contribution in [-0.4, -0.2) is 66.2 Å². The monoisotopic (exact) mass is 318 g/mol. The number of ether oxygens (including phenoxy) is 1. The van der Waals surface area contributed by atoms with E-state index in [9.17, 15) is 9.90 Å². The van der Waals surface area contributed by atoms with Gasteiger partial charge in [0.1, 0.15) is 18.5 Å². The zero-order chi connectivity index (χ0) is 16.2. The number of hydrogen-bond acceptors (Lipinski definition) is 4. The summed E-state index contributed by atoms with van der Waals surface area (Å²) in [4.78, 5) is 16.4. The third kappa shape index (κ3) is 4.45. The van der Waals surface area contributed by atoms with Crippen molar-refractivity contribution in [2.45, 2.75) is 19.4 Å². The van der Waals surface area contributed by atoms with E-state index in [2.05, 4.69) is 11.8 Å². The van der Waals surface area contributed by atoms with Crippen molar-refractivity contribution in [3.05, 3.63) is 30.3 Å². The Hall–Kier alpha value is -1.59. The van der Waals surface area contributed by atoms with Crippen molar-refractivity contribution in [2.24, 2.45) is 11.8 Å². The molecule has 1 heterocycles. The second kappa shape index (κ2) is 7.32. The third-order valence-corrected chi connectivity index (χ3v) is 4.77. The molecule has 5 heteroatoms. The van der Waals surface area contributed by atoms with E-state index >= 15 is 0 Å². The molecule has 1 saturated heterocycles. The van der Waals surface area contributed by atoms with Gasteiger partial charge < -0.3 is 14.7 Å². The number of carbonyl (C=O) groups excluding carboxylic acids is 1. The van der Waals surface area contributed by atoms with Crippen molar-refractivity contribution in [3.63, 3.8) is 0 Å². The fourth-order valence-corrected chi connectivity index (χ4v) is 3.11. The SMILES string of the molecule is C[C@@H]1C[C@H]1C(=O)N1CCN(C[C@H](O)COc2ccccc2)CC1. The number of amides is 1. The number of β-amino-alcohol motifs (C(OH)–C–C–N with tert-alkyl or cyclic N) is 1. The predicted octanol–water partition coefficient (Wildman–Crippen LogP) is 1.23. The highest BCUT2D eigenvalue weighted by atomic mass is 16.5. The molecule has 3 atom stereocenters. The van der Waals surface area contributed by atoms with Gasteiger partial charge in [0.15, 0.2) is 0 Å². The van der Waals surface area contributed by atoms with Crippen molar-refractivity contribution in [1.82, 2.24) is 9.80 Å². The molecule has 23 heavy (non-hydrogen) atoms. The molecule has 126 valence electrons. The van der Waals surface area contributed by atoms with E-state index in [4.69, 9.17) is 4.74 Å². The van der Waals surface area contributed by atoms with E-state index in [0.717, 1.165) is 38.3 Å². The zero-order valence-electron chi connectivity index (χ0n) is 13.7. The Morgan fingerprint density at radius 3 is 2.52 bits per heavy atom. The van der Waals surface area contributed by atoms with E-state index in [-0.39, 0.29) is 5.92 Å². The van der Waals surface area contributed by atoms with Gasteiger partial charge in [-0.25, -0.2) is 0 Å². The number of benzene rings is 1. The van der Waals surface area contributed by atoms with Gasteiger partial charge in [-0.15, -0.1) is 0 Å². The van der Waals surface area contributed by atoms with E-state index in [1.165, 1.54) is 0 Å². The molecule has 1 aromatic carbocycles. The number of carbonyl (C=O) groups is 1. The van der Waals surface area contributed by atoms with Gasteiger partial charge in [0, 0.05) is 38.6 Å². The van der Waals surface area contributed by atoms with Crippen LogP contribution in [0.2, 0.25) is 0 Å². The van der Waals surface area contributed by atoms with Crippen LogP contribution in [0.4, 0.5) is 0 Å². The summed E-state index contributed by atoms with van der Waals surface area (Å²) < 4.78 is 5.58. The van der Waals surface area contributed by atoms with Crippen molar-refractivity contribution in [1.29, 1.82) is 0 Å². The number of aliphatic hydroxyl groups excluding tert-OH is 1. The highest BCUT2D eigenvalue weighted by Gasteiger charge is 2.41. The summed E-state index contributed by atoms with van der Waals surface area (Å²) in [5.41, 5.74) is 0. The van der Waals surface area contributed by atoms with E-state index in [1.54, 1.807) is 0 Å². The van der Waals surface area contributed by atoms with E-state index in [1.807, 2.05) is 35.2 Å². The minimum Gasteiger partial charge on any atom is -0.491 e. The predicted molar refractivity (Wildman–Crippen MR) is 88.2 cm³/mol. The molecule has 1 aromatic rings. The summed E-state index contributed by atoms with van der Waals surface area (Å²) in [7, 11) is 0. The molecule has 5 nitrogen and oxygen atoms in total. The first-order chi connectivity index (χ1) is 11.1. The normalized spacial score (nSPS) is 25.9. The molecule has 0 aromatic heterocycles. The molecule has 0 bridgehead atoms. The Kier molecular flexibility index (Phi) is 5.18. The van der Waals surface area contributed by atoms with Gasteiger partial charge in [-0.3, -0.25) is 9.69 Å². The maximum Gasteiger partial charge on any atom is 0.226 e. The molecular weight excluding hydrogens is 292 g/mol. The first-order valence-corrected chi connectivity index (χ1v) is 8.50. The summed E-state index contributed by atoms with van der Waals surface area (Å²) in [5, 5.41) is 10.1. The molecule has 1 aliphatic carbocycles. The van der Waals surface area contributed by atoms with E-state index in [0.29, 0.717) is 25.0 Å². The first kappa shape index (κ1) is 16.3. The smallest absolute Gasteiger partial charge is 0.226 e. The summed E-state index contributed by atoms with van der Waals surface area (Å²) in [6.07, 6.45) is 0.537. The van der Waals surface area contributed by atoms with Gasteiger partial charge in [-0.05, 0) is 24.5 Å². The number of rotatable bonds is 6. The minimum absolute atomic E-state index is 0.270. The first-order valence-electron chi connectivity index (χ1n) is 8.50. The fraction of sp³-hybridized carbons (Fsp3) is 0.611. The number of hydrogen-bond donors (Lipinski definition) is 1. The molecule has 0 unspecified atom stereocenters. The summed E-state index contributed by atoms with van der Waals surface area (Å²) in [6, 6.07) is 9.54. The molecule has 3 rings (SSSR count). The number of para-hydroxylation sites is 1. The van der Waals surface area contributed by atoms with Crippen LogP contribution in [0.1, 0.15) is 13.3 Å². The molecule has 1 amide bonds. The van der Waals surface area contributed by atoms with Crippen LogP contribution in [0, 0.1) is 11.8 Å². The molecule has 0 spiro atoms. The van der Waals surface area contributed by atoms with Crippen LogP contribution in [0.15, 0.2) is 30.3 Å². The maximum atomic E-state index is 12.2. The second-order valence-electron chi connectivity index (χ2n) is 6.72. The lowest BCUT2D eigenvalue weighted by Crippen LogP contribution is -2.51. The van der Waals surface area contributed by atoms with Gasteiger partial charge in [0.25, 0.3) is 0 Å². The van der Waals surface area contributed by atoms with Gasteiger partial charge in [-0.2, -0.15) is 0 Å². The third-order valence-electron chi connectivity index (χ3n) is 4.77. The molecule has 0 radical (unpaired) electrons. The molecule has 2 aliphatic rings. The Morgan fingerprint density at radius 2 is 1.91 bits per heavy atom. The Bertz CT molecular complexity index is 514. The van der Waals surface area contributed by atoms with Crippen LogP contribution in [-0.2, 0) is 4.79 Å². The van der Waals surface area contributed by atoms with Crippen LogP contribution < -0.4 is 4.74 Å². The van der Waals surface area contributed by atoms with Gasteiger partial charge >= 0.3 is 0 Å². The van der Waals surface area contributed by atoms with Crippen LogP contribution >= 0.6 is 0 Å². The van der Waals surface area contributed by atoms with Crippen LogP contribution in [0.3, 0.4) is 0 Å². The number of aliphatic hydroxyl groups is 1. The van der Waals surface area contributed by atoms with Gasteiger partial charge in [0.05, 0.1) is 0 Å². The standard InChI is InChI=1S/C18H26N2O3/c1-14-11-17(14)18(22)20-9-7-19(8-10-20)12-15(21)13-23-16-5-3-2-4-6-16/h2-6,14-15,17,21H,7-13H2,1H3/t14-,15+,17-/m1/s1. The minimum atomic E-state index is -0.513. The Balaban J connectivity index is 1.36. The lowest BCUT2D eigenvalue weighted by atomic mass is 10.2. The lowest BCUT2D eigenvalue weighted by Gasteiger charge is -2.35. The highest BCUT2D eigenvalue weighted by Crippen LogP contribution is 2.39. The average molecular weight is 318 g/mol. The average Bonchev–Trinajstić information content (AvgIpc) is 3.31. The van der Waals surface area contributed by atoms with Crippen molar-refractivity contribution in [2.75, 3.05) is 39.3 Å². The number of nitrogens with zero attached hydrogens (tertiary/aromatic N) is 2. The van der Waals surface area contributed by atoms with Crippen LogP contribution in [0.5, 0.6) is 5.75 Å². The summed E-state index contributed by atoms with van der Waals surface area (Å²) in [5.74, 6) is 1.94. The van der Waals surface area contributed by atoms with Gasteiger partial charge in [-0.1, -0.05) is 25.1 Å². The largest absolute Gasteiger partial charge is 0.491 e. The topological polar surface area (TPSA) is 53.0 Å². The zero-order valence-corrected chi connectivity index (χ0v) is 13.7. The summed E-state index contributed by atoms with van der Waals surface area (Å²) in [6.45, 7) is 6.23. The fourth-order valence-electron chi connectivity index (χ4n) is 3.11. The van der Waals surface area contributed by atoms with Gasteiger partial charge in [0.2, 0.25) is 5.91 Å². The van der Waals surface area contributed by atoms with Crippen molar-refractivity contribution >= 4 is 5.91 Å². The molecule has 1 N–H and O–H groups in total. The summed E-state index contributed by atoms with van der Waals surface area (Å²) >= 11 is 0. The molecule has 2 fully saturated rings. The highest BCUT2D eigenvalue weighted by molar-refractivity contribution is 5.81. The lowest BCUT2D eigenvalue weighted by molar-refractivity contribution is -0.134. The van der Waals surface area contributed by atoms with Crippen molar-refractivity contribution in [3.8, 4) is 5.75 Å². The Morgan fingerprint density at radius 1 is 1.26 bits per heavy atom. The number of piperazine rings is 1. The van der Waals surface area contributed by atoms with Crippen molar-refractivity contribution < 1.29 is 14.6 Å².